The first kappa shape index (κ1) is 18.8. The number of anilines is 1. The molecule has 1 amide bonds. The van der Waals surface area contributed by atoms with Gasteiger partial charge in [-0.3, -0.25) is 4.79 Å². The van der Waals surface area contributed by atoms with Gasteiger partial charge >= 0.3 is 0 Å². The smallest absolute Gasteiger partial charge is 0.231 e. The predicted molar refractivity (Wildman–Crippen MR) is 115 cm³/mol. The maximum absolute atomic E-state index is 12.4. The number of amides is 1. The van der Waals surface area contributed by atoms with Gasteiger partial charge in [0.15, 0.2) is 5.16 Å². The predicted octanol–water partition coefficient (Wildman–Crippen LogP) is 4.73. The van der Waals surface area contributed by atoms with Gasteiger partial charge in [0.05, 0.1) is 12.1 Å². The molecule has 150 valence electrons. The molecule has 2 heterocycles. The van der Waals surface area contributed by atoms with Crippen molar-refractivity contribution in [2.24, 2.45) is 0 Å². The second-order valence-corrected chi connectivity index (χ2v) is 9.66. The van der Waals surface area contributed by atoms with Crippen LogP contribution in [0.5, 0.6) is 0 Å². The summed E-state index contributed by atoms with van der Waals surface area (Å²) in [7, 11) is 0. The molecule has 2 aliphatic carbocycles. The zero-order valence-electron chi connectivity index (χ0n) is 16.3. The maximum atomic E-state index is 12.4. The summed E-state index contributed by atoms with van der Waals surface area (Å²) in [5.41, 5.74) is 2.91. The van der Waals surface area contributed by atoms with Crippen molar-refractivity contribution in [2.45, 2.75) is 61.9 Å². The molecule has 5 rings (SSSR count). The Labute approximate surface area is 178 Å². The maximum Gasteiger partial charge on any atom is 0.231 e. The molecule has 2 fully saturated rings. The highest BCUT2D eigenvalue weighted by atomic mass is 32.2. The number of rotatable bonds is 8. The molecular weight excluding hydrogens is 402 g/mol. The second kappa shape index (κ2) is 7.91. The lowest BCUT2D eigenvalue weighted by atomic mass is 10.2. The Morgan fingerprint density at radius 2 is 2.07 bits per heavy atom. The van der Waals surface area contributed by atoms with Gasteiger partial charge in [-0.1, -0.05) is 30.0 Å². The number of nitrogens with zero attached hydrogens (tertiary/aromatic N) is 4. The van der Waals surface area contributed by atoms with Gasteiger partial charge in [-0.05, 0) is 44.2 Å². The zero-order valence-corrected chi connectivity index (χ0v) is 17.9. The molecule has 2 aromatic heterocycles. The van der Waals surface area contributed by atoms with Crippen LogP contribution in [-0.2, 0) is 17.0 Å². The molecule has 6 nitrogen and oxygen atoms in total. The number of carbonyl (C=O) groups is 1. The number of thiazole rings is 1. The van der Waals surface area contributed by atoms with E-state index in [1.807, 2.05) is 36.6 Å². The molecule has 8 heteroatoms. The summed E-state index contributed by atoms with van der Waals surface area (Å²) >= 11 is 3.25. The number of aromatic nitrogens is 4. The van der Waals surface area contributed by atoms with Crippen LogP contribution in [0, 0.1) is 6.92 Å². The van der Waals surface area contributed by atoms with E-state index in [2.05, 4.69) is 25.1 Å². The number of carbonyl (C=O) groups excluding carboxylic acids is 1. The van der Waals surface area contributed by atoms with Gasteiger partial charge in [-0.15, -0.1) is 21.5 Å². The van der Waals surface area contributed by atoms with Gasteiger partial charge in [0.1, 0.15) is 10.8 Å². The number of hydrogen-bond acceptors (Lipinski definition) is 6. The third kappa shape index (κ3) is 4.38. The average Bonchev–Trinajstić information content (AvgIpc) is 3.64. The van der Waals surface area contributed by atoms with Crippen molar-refractivity contribution in [3.05, 3.63) is 51.7 Å². The number of nitrogens with one attached hydrogen (secondary N) is 1. The molecule has 2 aliphatic rings. The fourth-order valence-electron chi connectivity index (χ4n) is 3.36. The van der Waals surface area contributed by atoms with E-state index in [0.29, 0.717) is 18.4 Å². The Kier molecular flexibility index (Phi) is 5.13. The minimum Gasteiger partial charge on any atom is -0.325 e. The normalized spacial score (nSPS) is 16.2. The molecule has 2 saturated carbocycles. The van der Waals surface area contributed by atoms with Crippen molar-refractivity contribution in [1.29, 1.82) is 0 Å². The summed E-state index contributed by atoms with van der Waals surface area (Å²) in [6, 6.07) is 8.40. The molecule has 0 aliphatic heterocycles. The van der Waals surface area contributed by atoms with Crippen LogP contribution in [0.25, 0.3) is 0 Å². The van der Waals surface area contributed by atoms with Gasteiger partial charge in [0, 0.05) is 28.8 Å². The largest absolute Gasteiger partial charge is 0.325 e. The second-order valence-electron chi connectivity index (χ2n) is 7.78. The first-order chi connectivity index (χ1) is 14.2. The summed E-state index contributed by atoms with van der Waals surface area (Å²) in [6.45, 7) is 1.99. The number of hydrogen-bond donors (Lipinski definition) is 1. The summed E-state index contributed by atoms with van der Waals surface area (Å²) in [4.78, 5) is 17.0. The summed E-state index contributed by atoms with van der Waals surface area (Å²) < 4.78 is 2.37. The highest BCUT2D eigenvalue weighted by molar-refractivity contribution is 7.98. The third-order valence-corrected chi connectivity index (χ3v) is 7.10. The van der Waals surface area contributed by atoms with E-state index in [0.717, 1.165) is 32.9 Å². The molecular formula is C21H23N5OS2. The van der Waals surface area contributed by atoms with Gasteiger partial charge in [-0.25, -0.2) is 4.98 Å². The molecule has 29 heavy (non-hydrogen) atoms. The first-order valence-electron chi connectivity index (χ1n) is 10.0. The first-order valence-corrected chi connectivity index (χ1v) is 11.9. The van der Waals surface area contributed by atoms with E-state index in [1.165, 1.54) is 31.5 Å². The van der Waals surface area contributed by atoms with Crippen molar-refractivity contribution in [3.8, 4) is 0 Å². The molecule has 1 N–H and O–H groups in total. The van der Waals surface area contributed by atoms with E-state index in [1.54, 1.807) is 23.1 Å². The van der Waals surface area contributed by atoms with Crippen LogP contribution in [-0.4, -0.2) is 25.7 Å². The van der Waals surface area contributed by atoms with Crippen molar-refractivity contribution >= 4 is 34.7 Å². The molecule has 0 bridgehead atoms. The SMILES string of the molecule is Cc1ccccc1NC(=O)Cc1nc(CSc2nnc(C3CC3)n2C2CC2)cs1. The lowest BCUT2D eigenvalue weighted by Gasteiger charge is -2.07. The van der Waals surface area contributed by atoms with Crippen LogP contribution in [0.2, 0.25) is 0 Å². The minimum atomic E-state index is -0.0320. The van der Waals surface area contributed by atoms with Crippen LogP contribution in [0.1, 0.15) is 59.7 Å². The Bertz CT molecular complexity index is 1040. The zero-order chi connectivity index (χ0) is 19.8. The van der Waals surface area contributed by atoms with Crippen LogP contribution in [0.15, 0.2) is 34.8 Å². The number of benzene rings is 1. The lowest BCUT2D eigenvalue weighted by Crippen LogP contribution is -2.15. The summed E-state index contributed by atoms with van der Waals surface area (Å²) in [5.74, 6) is 2.53. The highest BCUT2D eigenvalue weighted by Gasteiger charge is 2.36. The highest BCUT2D eigenvalue weighted by Crippen LogP contribution is 2.46. The van der Waals surface area contributed by atoms with E-state index < -0.39 is 0 Å². The fourth-order valence-corrected chi connectivity index (χ4v) is 5.17. The third-order valence-electron chi connectivity index (χ3n) is 5.22. The van der Waals surface area contributed by atoms with E-state index in [4.69, 9.17) is 0 Å². The summed E-state index contributed by atoms with van der Waals surface area (Å²) in [5, 5.41) is 15.8. The van der Waals surface area contributed by atoms with Crippen molar-refractivity contribution in [2.75, 3.05) is 5.32 Å². The van der Waals surface area contributed by atoms with Crippen LogP contribution in [0.3, 0.4) is 0 Å². The van der Waals surface area contributed by atoms with Crippen molar-refractivity contribution < 1.29 is 4.79 Å². The van der Waals surface area contributed by atoms with Crippen molar-refractivity contribution in [3.63, 3.8) is 0 Å². The topological polar surface area (TPSA) is 72.7 Å². The van der Waals surface area contributed by atoms with E-state index >= 15 is 0 Å². The molecule has 0 unspecified atom stereocenters. The Morgan fingerprint density at radius 1 is 1.24 bits per heavy atom. The Morgan fingerprint density at radius 3 is 2.83 bits per heavy atom. The number of aryl methyl sites for hydroxylation is 1. The average molecular weight is 426 g/mol. The monoisotopic (exact) mass is 425 g/mol. The number of para-hydroxylation sites is 1. The minimum absolute atomic E-state index is 0.0320. The molecule has 3 aromatic rings. The van der Waals surface area contributed by atoms with Gasteiger partial charge < -0.3 is 9.88 Å². The number of thioether (sulfide) groups is 1. The molecule has 0 saturated heterocycles. The van der Waals surface area contributed by atoms with Crippen LogP contribution in [0.4, 0.5) is 5.69 Å². The summed E-state index contributed by atoms with van der Waals surface area (Å²) in [6.07, 6.45) is 5.27. The molecule has 0 spiro atoms. The molecule has 1 aromatic carbocycles. The molecule has 0 atom stereocenters. The van der Waals surface area contributed by atoms with Gasteiger partial charge in [-0.2, -0.15) is 0 Å². The quantitative estimate of drug-likeness (QED) is 0.528. The standard InChI is InChI=1S/C21H23N5OS2/c1-13-4-2-3-5-17(13)23-18(27)10-19-22-15(11-28-19)12-29-21-25-24-20(14-6-7-14)26(21)16-8-9-16/h2-5,11,14,16H,6-10,12H2,1H3,(H,23,27). The van der Waals surface area contributed by atoms with E-state index in [9.17, 15) is 4.79 Å². The van der Waals surface area contributed by atoms with Crippen LogP contribution >= 0.6 is 23.1 Å². The van der Waals surface area contributed by atoms with Gasteiger partial charge in [0.2, 0.25) is 5.91 Å². The van der Waals surface area contributed by atoms with E-state index in [-0.39, 0.29) is 5.91 Å². The lowest BCUT2D eigenvalue weighted by molar-refractivity contribution is -0.115. The van der Waals surface area contributed by atoms with Crippen molar-refractivity contribution in [1.82, 2.24) is 19.7 Å². The molecule has 0 radical (unpaired) electrons. The fraction of sp³-hybridized carbons (Fsp3) is 0.429. The van der Waals surface area contributed by atoms with Gasteiger partial charge in [0.25, 0.3) is 0 Å². The Balaban J connectivity index is 1.19. The van der Waals surface area contributed by atoms with Crippen LogP contribution < -0.4 is 5.32 Å². The Hall–Kier alpha value is -2.19.